The molecule has 1 N–H and O–H groups in total. The molecule has 1 aromatic carbocycles. The van der Waals surface area contributed by atoms with Crippen molar-refractivity contribution in [3.05, 3.63) is 41.3 Å². The van der Waals surface area contributed by atoms with Gasteiger partial charge in [-0.25, -0.2) is 4.98 Å². The average Bonchev–Trinajstić information content (AvgIpc) is 3.18. The van der Waals surface area contributed by atoms with Crippen LogP contribution in [0, 0.1) is 25.2 Å². The third-order valence-corrected chi connectivity index (χ3v) is 7.76. The monoisotopic (exact) mass is 466 g/mol. The predicted molar refractivity (Wildman–Crippen MR) is 136 cm³/mol. The SMILES string of the molecule is Cc1ccccc1-c1nc(CN2CCC(C(=O)NCCCN3CCC(C)(C)CC3)CC2)c(C)o1. The molecule has 0 unspecified atom stereocenters. The molecule has 6 heteroatoms. The molecule has 2 aliphatic heterocycles. The normalized spacial score (nSPS) is 19.9. The maximum Gasteiger partial charge on any atom is 0.226 e. The van der Waals surface area contributed by atoms with Crippen LogP contribution in [-0.2, 0) is 11.3 Å². The molecular formula is C28H42N4O2. The minimum Gasteiger partial charge on any atom is -0.441 e. The van der Waals surface area contributed by atoms with Gasteiger partial charge in [0.25, 0.3) is 0 Å². The molecule has 6 nitrogen and oxygen atoms in total. The zero-order valence-electron chi connectivity index (χ0n) is 21.5. The lowest BCUT2D eigenvalue weighted by atomic mass is 9.83. The molecule has 3 heterocycles. The van der Waals surface area contributed by atoms with Crippen molar-refractivity contribution in [2.24, 2.45) is 11.3 Å². The lowest BCUT2D eigenvalue weighted by Crippen LogP contribution is -2.41. The highest BCUT2D eigenvalue weighted by Crippen LogP contribution is 2.30. The number of amides is 1. The number of likely N-dealkylation sites (tertiary alicyclic amines) is 2. The highest BCUT2D eigenvalue weighted by molar-refractivity contribution is 5.78. The number of hydrogen-bond donors (Lipinski definition) is 1. The molecule has 34 heavy (non-hydrogen) atoms. The third-order valence-electron chi connectivity index (χ3n) is 7.76. The van der Waals surface area contributed by atoms with Crippen molar-refractivity contribution in [2.45, 2.75) is 66.3 Å². The van der Waals surface area contributed by atoms with Gasteiger partial charge in [0.1, 0.15) is 5.76 Å². The number of carbonyl (C=O) groups is 1. The van der Waals surface area contributed by atoms with Gasteiger partial charge >= 0.3 is 0 Å². The van der Waals surface area contributed by atoms with Crippen molar-refractivity contribution in [3.63, 3.8) is 0 Å². The lowest BCUT2D eigenvalue weighted by Gasteiger charge is -2.37. The second-order valence-electron chi connectivity index (χ2n) is 11.0. The van der Waals surface area contributed by atoms with Gasteiger partial charge in [-0.3, -0.25) is 9.69 Å². The molecular weight excluding hydrogens is 424 g/mol. The lowest BCUT2D eigenvalue weighted by molar-refractivity contribution is -0.126. The van der Waals surface area contributed by atoms with E-state index in [0.717, 1.165) is 69.0 Å². The van der Waals surface area contributed by atoms with Crippen molar-refractivity contribution in [1.29, 1.82) is 0 Å². The minimum absolute atomic E-state index is 0.132. The van der Waals surface area contributed by atoms with Crippen molar-refractivity contribution < 1.29 is 9.21 Å². The number of carbonyl (C=O) groups excluding carboxylic acids is 1. The fourth-order valence-electron chi connectivity index (χ4n) is 5.11. The van der Waals surface area contributed by atoms with E-state index in [1.54, 1.807) is 0 Å². The molecule has 2 saturated heterocycles. The standard InChI is InChI=1S/C28H42N4O2/c1-21-8-5-6-9-24(21)27-30-25(22(2)34-27)20-32-16-10-23(11-17-32)26(33)29-14-7-15-31-18-12-28(3,4)13-19-31/h5-6,8-9,23H,7,10-20H2,1-4H3,(H,29,33). The summed E-state index contributed by atoms with van der Waals surface area (Å²) in [5, 5.41) is 3.20. The molecule has 0 bridgehead atoms. The molecule has 0 radical (unpaired) electrons. The molecule has 4 rings (SSSR count). The van der Waals surface area contributed by atoms with E-state index in [9.17, 15) is 4.79 Å². The first-order valence-electron chi connectivity index (χ1n) is 13.1. The van der Waals surface area contributed by atoms with Crippen LogP contribution in [0.2, 0.25) is 0 Å². The van der Waals surface area contributed by atoms with Gasteiger partial charge in [0.2, 0.25) is 11.8 Å². The Morgan fingerprint density at radius 3 is 2.50 bits per heavy atom. The molecule has 2 aromatic rings. The van der Waals surface area contributed by atoms with Crippen LogP contribution in [0.4, 0.5) is 0 Å². The van der Waals surface area contributed by atoms with Crippen molar-refractivity contribution in [1.82, 2.24) is 20.1 Å². The molecule has 1 aromatic heterocycles. The average molecular weight is 467 g/mol. The van der Waals surface area contributed by atoms with Crippen LogP contribution < -0.4 is 5.32 Å². The molecule has 2 aliphatic rings. The van der Waals surface area contributed by atoms with E-state index in [-0.39, 0.29) is 11.8 Å². The van der Waals surface area contributed by atoms with E-state index >= 15 is 0 Å². The summed E-state index contributed by atoms with van der Waals surface area (Å²) in [6.45, 7) is 15.7. The second-order valence-corrected chi connectivity index (χ2v) is 11.0. The second kappa shape index (κ2) is 11.0. The zero-order chi connectivity index (χ0) is 24.1. The number of nitrogens with one attached hydrogen (secondary N) is 1. The number of benzene rings is 1. The summed E-state index contributed by atoms with van der Waals surface area (Å²) in [7, 11) is 0. The van der Waals surface area contributed by atoms with Gasteiger partial charge < -0.3 is 14.6 Å². The minimum atomic E-state index is 0.132. The molecule has 0 saturated carbocycles. The van der Waals surface area contributed by atoms with Crippen LogP contribution in [0.15, 0.2) is 28.7 Å². The number of rotatable bonds is 8. The summed E-state index contributed by atoms with van der Waals surface area (Å²) in [5.41, 5.74) is 3.72. The van der Waals surface area contributed by atoms with Crippen molar-refractivity contribution in [2.75, 3.05) is 39.3 Å². The van der Waals surface area contributed by atoms with E-state index in [1.165, 1.54) is 31.5 Å². The van der Waals surface area contributed by atoms with Gasteiger partial charge in [-0.1, -0.05) is 32.0 Å². The molecule has 0 spiro atoms. The quantitative estimate of drug-likeness (QED) is 0.567. The third kappa shape index (κ3) is 6.48. The fourth-order valence-corrected chi connectivity index (χ4v) is 5.11. The van der Waals surface area contributed by atoms with Crippen LogP contribution in [0.3, 0.4) is 0 Å². The smallest absolute Gasteiger partial charge is 0.226 e. The summed E-state index contributed by atoms with van der Waals surface area (Å²) in [4.78, 5) is 22.4. The van der Waals surface area contributed by atoms with E-state index in [0.29, 0.717) is 11.3 Å². The molecule has 0 aliphatic carbocycles. The Morgan fingerprint density at radius 1 is 1.09 bits per heavy atom. The Labute approximate surface area is 205 Å². The molecule has 2 fully saturated rings. The predicted octanol–water partition coefficient (Wildman–Crippen LogP) is 4.80. The highest BCUT2D eigenvalue weighted by Gasteiger charge is 2.27. The Bertz CT molecular complexity index is 949. The number of piperidine rings is 2. The van der Waals surface area contributed by atoms with Gasteiger partial charge in [0.15, 0.2) is 0 Å². The molecule has 186 valence electrons. The largest absolute Gasteiger partial charge is 0.441 e. The van der Waals surface area contributed by atoms with Crippen LogP contribution in [0.1, 0.15) is 63.0 Å². The maximum atomic E-state index is 12.7. The summed E-state index contributed by atoms with van der Waals surface area (Å²) >= 11 is 0. The molecule has 0 atom stereocenters. The first-order valence-corrected chi connectivity index (χ1v) is 13.1. The number of hydrogen-bond acceptors (Lipinski definition) is 5. The van der Waals surface area contributed by atoms with E-state index < -0.39 is 0 Å². The van der Waals surface area contributed by atoms with Crippen LogP contribution in [0.5, 0.6) is 0 Å². The summed E-state index contributed by atoms with van der Waals surface area (Å²) in [5.74, 6) is 1.95. The van der Waals surface area contributed by atoms with Gasteiger partial charge in [-0.2, -0.15) is 0 Å². The number of oxazole rings is 1. The van der Waals surface area contributed by atoms with E-state index in [4.69, 9.17) is 9.40 Å². The van der Waals surface area contributed by atoms with E-state index in [1.807, 2.05) is 19.1 Å². The number of aromatic nitrogens is 1. The van der Waals surface area contributed by atoms with Gasteiger partial charge in [0.05, 0.1) is 5.69 Å². The zero-order valence-corrected chi connectivity index (χ0v) is 21.5. The Morgan fingerprint density at radius 2 is 1.79 bits per heavy atom. The summed E-state index contributed by atoms with van der Waals surface area (Å²) in [6.07, 6.45) is 5.42. The highest BCUT2D eigenvalue weighted by atomic mass is 16.4. The Balaban J connectivity index is 1.17. The van der Waals surface area contributed by atoms with Crippen LogP contribution in [-0.4, -0.2) is 60.0 Å². The van der Waals surface area contributed by atoms with Crippen molar-refractivity contribution >= 4 is 5.91 Å². The van der Waals surface area contributed by atoms with Gasteiger partial charge in [-0.15, -0.1) is 0 Å². The maximum absolute atomic E-state index is 12.7. The Kier molecular flexibility index (Phi) is 8.10. The van der Waals surface area contributed by atoms with Crippen LogP contribution in [0.25, 0.3) is 11.5 Å². The van der Waals surface area contributed by atoms with Crippen molar-refractivity contribution in [3.8, 4) is 11.5 Å². The first kappa shape index (κ1) is 24.9. The number of aryl methyl sites for hydroxylation is 2. The summed E-state index contributed by atoms with van der Waals surface area (Å²) < 4.78 is 5.99. The number of nitrogens with zero attached hydrogens (tertiary/aromatic N) is 3. The van der Waals surface area contributed by atoms with E-state index in [2.05, 4.69) is 48.0 Å². The summed E-state index contributed by atoms with van der Waals surface area (Å²) in [6, 6.07) is 8.19. The van der Waals surface area contributed by atoms with Gasteiger partial charge in [-0.05, 0) is 95.7 Å². The first-order chi connectivity index (χ1) is 16.3. The Hall–Kier alpha value is -2.18. The molecule has 1 amide bonds. The van der Waals surface area contributed by atoms with Crippen LogP contribution >= 0.6 is 0 Å². The van der Waals surface area contributed by atoms with Gasteiger partial charge in [0, 0.05) is 24.6 Å². The topological polar surface area (TPSA) is 61.6 Å². The fraction of sp³-hybridized carbons (Fsp3) is 0.643.